The van der Waals surface area contributed by atoms with Crippen LogP contribution in [0, 0.1) is 18.8 Å². The molecule has 22 aromatic carbocycles. The van der Waals surface area contributed by atoms with Crippen molar-refractivity contribution in [3.05, 3.63) is 205 Å². The third-order valence-corrected chi connectivity index (χ3v) is 36.3. The lowest BCUT2D eigenvalue weighted by Gasteiger charge is -2.40. The van der Waals surface area contributed by atoms with Crippen LogP contribution in [0.5, 0.6) is 0 Å². The van der Waals surface area contributed by atoms with Crippen molar-refractivity contribution in [1.82, 2.24) is 0 Å². The SMILES string of the molecule is CC1(c2ccc(N)cc2)C23c4c5c6ccc7c8ccc9c%10ccc%11c%12c%13c%14c%15c(c%16c4c4c(c57)c8c9c(c%10%12)c4c%13%16)C12C(CCC63)C%15CCC%11%14.Cc1ccc(C2(C)C34c5c6c7ccc8c9ccc%10c%11ccc%12c%13c%14c%15c%16c(c%17c5c5c(c68)c9c%10c(c%11%13)c5c%14%17)C23C(CCC74)C%16CCC%12%15)cc1.[Cl-]. The van der Waals surface area contributed by atoms with Crippen LogP contribution in [0.1, 0.15) is 184 Å². The number of hydrogen-bond acceptors (Lipinski definition) is 1. The summed E-state index contributed by atoms with van der Waals surface area (Å²) in [6, 6.07) is 50.2. The summed E-state index contributed by atoms with van der Waals surface area (Å²) in [5, 5.41) is 58.7. The molecule has 4 spiro atoms. The molecule has 2 heteroatoms. The molecule has 0 saturated heterocycles. The molecule has 2 N–H and O–H groups in total. The van der Waals surface area contributed by atoms with Gasteiger partial charge in [-0.25, -0.2) is 0 Å². The first-order chi connectivity index (χ1) is 48.3. The molecule has 0 heterocycles. The molecule has 14 aliphatic carbocycles. The van der Waals surface area contributed by atoms with Gasteiger partial charge in [0, 0.05) is 50.0 Å². The first-order valence-electron chi connectivity index (χ1n) is 38.3. The Labute approximate surface area is 570 Å². The Morgan fingerprint density at radius 3 is 1.01 bits per heavy atom. The monoisotopic (exact) mass is 1270 g/mol. The zero-order chi connectivity index (χ0) is 61.4. The van der Waals surface area contributed by atoms with Crippen molar-refractivity contribution in [2.24, 2.45) is 11.8 Å². The molecule has 0 radical (unpaired) electrons. The van der Waals surface area contributed by atoms with E-state index in [0.717, 1.165) is 11.6 Å². The van der Waals surface area contributed by atoms with E-state index < -0.39 is 0 Å². The zero-order valence-corrected chi connectivity index (χ0v) is 55.5. The molecule has 14 unspecified atom stereocenters. The summed E-state index contributed by atoms with van der Waals surface area (Å²) in [4.78, 5) is 0. The van der Waals surface area contributed by atoms with Crippen LogP contribution in [0.4, 0.5) is 5.69 Å². The molecule has 456 valence electrons. The molecule has 99 heavy (non-hydrogen) atoms. The maximum Gasteiger partial charge on any atom is 0.0314 e. The van der Waals surface area contributed by atoms with Gasteiger partial charge in [-0.15, -0.1) is 0 Å². The van der Waals surface area contributed by atoms with E-state index in [2.05, 4.69) is 142 Å². The molecule has 0 amide bonds. The fourth-order valence-electron chi connectivity index (χ4n) is 35.3. The summed E-state index contributed by atoms with van der Waals surface area (Å²) in [5.74, 6) is 5.15. The average molecular weight is 1270 g/mol. The predicted octanol–water partition coefficient (Wildman–Crippen LogP) is 20.9. The topological polar surface area (TPSA) is 26.0 Å². The first-order valence-corrected chi connectivity index (χ1v) is 38.3. The number of halogens is 1. The number of fused-ring (bicyclic) bond motifs is 10. The van der Waals surface area contributed by atoms with Crippen molar-refractivity contribution in [3.63, 3.8) is 0 Å². The second-order valence-electron chi connectivity index (χ2n) is 36.7. The minimum absolute atomic E-state index is 0. The Kier molecular flexibility index (Phi) is 5.87. The van der Waals surface area contributed by atoms with Gasteiger partial charge in [-0.1, -0.05) is 129 Å². The van der Waals surface area contributed by atoms with Gasteiger partial charge in [0.15, 0.2) is 0 Å². The molecule has 0 aliphatic heterocycles. The largest absolute Gasteiger partial charge is 1.00 e. The van der Waals surface area contributed by atoms with Crippen molar-refractivity contribution < 1.29 is 12.4 Å². The number of benzene rings is 16. The number of hydrogen-bond donors (Lipinski definition) is 1. The van der Waals surface area contributed by atoms with Gasteiger partial charge in [0.2, 0.25) is 0 Å². The lowest BCUT2D eigenvalue weighted by molar-refractivity contribution is -0.0000171. The van der Waals surface area contributed by atoms with Gasteiger partial charge in [-0.2, -0.15) is 0 Å². The highest BCUT2D eigenvalue weighted by atomic mass is 35.5. The van der Waals surface area contributed by atoms with Gasteiger partial charge in [-0.3, -0.25) is 0 Å². The van der Waals surface area contributed by atoms with Crippen LogP contribution in [-0.4, -0.2) is 0 Å². The van der Waals surface area contributed by atoms with E-state index in [0.29, 0.717) is 41.4 Å². The van der Waals surface area contributed by atoms with Gasteiger partial charge in [0.25, 0.3) is 0 Å². The van der Waals surface area contributed by atoms with Crippen LogP contribution in [0.25, 0.3) is 194 Å². The number of anilines is 1. The molecule has 22 aromatic rings. The maximum atomic E-state index is 6.45. The van der Waals surface area contributed by atoms with Crippen LogP contribution in [0.15, 0.2) is 121 Å². The van der Waals surface area contributed by atoms with Gasteiger partial charge >= 0.3 is 0 Å². The van der Waals surface area contributed by atoms with E-state index in [4.69, 9.17) is 5.73 Å². The second-order valence-corrected chi connectivity index (χ2v) is 36.7. The molecule has 0 bridgehead atoms. The molecule has 0 aromatic heterocycles. The highest BCUT2D eigenvalue weighted by Gasteiger charge is 2.97. The number of nitrogen functional groups attached to an aromatic ring is 1. The Hall–Kier alpha value is -9.27. The number of nitrogens with two attached hydrogens (primary N) is 1. The highest BCUT2D eigenvalue weighted by Crippen LogP contribution is 2.99. The summed E-state index contributed by atoms with van der Waals surface area (Å²) in [7, 11) is 0. The van der Waals surface area contributed by atoms with E-state index in [-0.39, 0.29) is 44.9 Å². The molecule has 1 nitrogen and oxygen atoms in total. The Balaban J connectivity index is 0.0000000996. The van der Waals surface area contributed by atoms with Crippen molar-refractivity contribution in [1.29, 1.82) is 0 Å². The second kappa shape index (κ2) is 12.4. The molecule has 4 saturated carbocycles. The van der Waals surface area contributed by atoms with Gasteiger partial charge in [0.1, 0.15) is 0 Å². The lowest BCUT2D eigenvalue weighted by Crippen LogP contribution is -3.00. The minimum Gasteiger partial charge on any atom is -1.00 e. The van der Waals surface area contributed by atoms with Crippen molar-refractivity contribution >= 4 is 200 Å². The standard InChI is InChI=1S/C49H28.C48H27N.ClH/c1-17-3-5-18(6-4-17)47(2)48-27-15-16-28-26-14-12-24-22-10-8-20-19-7-9-21-23-11-13-25(27)35-33(23)38-31(21)29(19)37-30(20)32(22)39-34(24)36(26)46(49(28,47)48)44-42(39)40(37)41(38)43(44)45(35)48;1-46(16-2-4-17(49)5-3-16)47-26-14-15-27-25-13-11-23-21-9-7-19-18-6-8-20-22-10-12-24(26)34-32(22)37-30(20)28(18)36-29(19)31(21)38-33(23)35(25)45(48(27,46)47)43-41(38)39(36)40(37)42(43)44(34)47;/h3-11,13,24,26-28H,12,14-16H2,1-2H3;2-10,12,23,25-27H,11,13-15,49H2,1H3;1H/p-1. The number of aryl methyl sites for hydroxylation is 1. The molecular formula is C97H55ClN-. The first kappa shape index (κ1) is 46.9. The normalized spacial score (nSPS) is 33.5. The zero-order valence-electron chi connectivity index (χ0n) is 54.8. The smallest absolute Gasteiger partial charge is 0.0314 e. The van der Waals surface area contributed by atoms with Crippen LogP contribution >= 0.6 is 0 Å². The van der Waals surface area contributed by atoms with Crippen molar-refractivity contribution in [2.75, 3.05) is 5.73 Å². The Morgan fingerprint density at radius 2 is 0.596 bits per heavy atom. The summed E-state index contributed by atoms with van der Waals surface area (Å²) >= 11 is 0. The van der Waals surface area contributed by atoms with Crippen LogP contribution in [0.2, 0.25) is 0 Å². The lowest BCUT2D eigenvalue weighted by atomic mass is 9.61. The summed E-state index contributed by atoms with van der Waals surface area (Å²) in [6.07, 6.45) is 10.8. The number of rotatable bonds is 2. The van der Waals surface area contributed by atoms with E-state index in [1.165, 1.54) is 100 Å². The third-order valence-electron chi connectivity index (χ3n) is 36.3. The minimum atomic E-state index is 0. The summed E-state index contributed by atoms with van der Waals surface area (Å²) in [6.45, 7) is 7.84. The molecule has 4 fully saturated rings. The van der Waals surface area contributed by atoms with E-state index >= 15 is 0 Å². The Bertz CT molecular complexity index is 7570. The van der Waals surface area contributed by atoms with Crippen LogP contribution in [0.3, 0.4) is 0 Å². The summed E-state index contributed by atoms with van der Waals surface area (Å²) < 4.78 is 0. The highest BCUT2D eigenvalue weighted by molar-refractivity contribution is 6.64. The maximum absolute atomic E-state index is 6.45. The van der Waals surface area contributed by atoms with Crippen molar-refractivity contribution in [2.45, 2.75) is 140 Å². The van der Waals surface area contributed by atoms with Crippen molar-refractivity contribution in [3.8, 4) is 0 Å². The van der Waals surface area contributed by atoms with Gasteiger partial charge in [-0.05, 0) is 378 Å². The van der Waals surface area contributed by atoms with Gasteiger partial charge in [0.05, 0.1) is 0 Å². The molecule has 14 atom stereocenters. The van der Waals surface area contributed by atoms with E-state index in [1.54, 1.807) is 195 Å². The average Bonchev–Trinajstić information content (AvgIpc) is 1.38. The van der Waals surface area contributed by atoms with E-state index in [9.17, 15) is 0 Å². The fraction of sp³-hybridized carbons (Fsp3) is 0.258. The molecular weight excluding hydrogens is 1210 g/mol. The van der Waals surface area contributed by atoms with E-state index in [1.807, 2.05) is 33.4 Å². The molecule has 36 rings (SSSR count). The fourth-order valence-corrected chi connectivity index (χ4v) is 35.3. The van der Waals surface area contributed by atoms with Gasteiger partial charge < -0.3 is 18.1 Å². The predicted molar refractivity (Wildman–Crippen MR) is 404 cm³/mol. The summed E-state index contributed by atoms with van der Waals surface area (Å²) in [5.41, 5.74) is 34.1. The van der Waals surface area contributed by atoms with Crippen LogP contribution in [-0.2, 0) is 32.5 Å². The quantitative estimate of drug-likeness (QED) is 0.135. The third kappa shape index (κ3) is 3.29. The van der Waals surface area contributed by atoms with Crippen LogP contribution < -0.4 is 18.1 Å². The Morgan fingerprint density at radius 1 is 0.273 bits per heavy atom. The molecule has 14 aliphatic rings.